The molecule has 0 unspecified atom stereocenters. The molecule has 2 heterocycles. The second kappa shape index (κ2) is 4.20. The van der Waals surface area contributed by atoms with Crippen LogP contribution < -0.4 is 9.92 Å². The minimum absolute atomic E-state index is 0.0579. The quantitative estimate of drug-likeness (QED) is 0.736. The number of Topliss-reactive ketones (excluding diaryl/α,β-unsaturated/α-hetero) is 1. The molecule has 2 aliphatic rings. The van der Waals surface area contributed by atoms with Crippen LogP contribution in [-0.4, -0.2) is 21.0 Å². The summed E-state index contributed by atoms with van der Waals surface area (Å²) in [5, 5.41) is 1.57. The Morgan fingerprint density at radius 2 is 2.16 bits per heavy atom. The summed E-state index contributed by atoms with van der Waals surface area (Å²) in [6.07, 6.45) is 2.59. The van der Waals surface area contributed by atoms with Gasteiger partial charge in [0.25, 0.3) is 0 Å². The fourth-order valence-electron chi connectivity index (χ4n) is 4.31. The van der Waals surface area contributed by atoms with Crippen molar-refractivity contribution >= 4 is 19.0 Å². The summed E-state index contributed by atoms with van der Waals surface area (Å²) in [4.78, 5) is 12.1. The summed E-state index contributed by atoms with van der Waals surface area (Å²) in [7, 11) is 0.331. The van der Waals surface area contributed by atoms with Crippen molar-refractivity contribution in [3.8, 4) is 5.75 Å². The van der Waals surface area contributed by atoms with Crippen LogP contribution >= 0.6 is 0 Å². The van der Waals surface area contributed by atoms with Gasteiger partial charge in [0.05, 0.1) is 15.2 Å². The van der Waals surface area contributed by atoms with E-state index in [1.54, 1.807) is 12.3 Å². The Hall–Kier alpha value is -1.09. The Labute approximate surface area is 116 Å². The van der Waals surface area contributed by atoms with E-state index in [4.69, 9.17) is 4.74 Å². The highest BCUT2D eigenvalue weighted by Crippen LogP contribution is 2.46. The zero-order valence-electron chi connectivity index (χ0n) is 12.1. The maximum atomic E-state index is 12.1. The van der Waals surface area contributed by atoms with Crippen molar-refractivity contribution < 1.29 is 9.53 Å². The Kier molecular flexibility index (Phi) is 2.86. The molecule has 0 amide bonds. The van der Waals surface area contributed by atoms with Crippen LogP contribution in [0.3, 0.4) is 0 Å². The second-order valence-electron chi connectivity index (χ2n) is 6.78. The third-order valence-corrected chi connectivity index (χ3v) is 9.83. The lowest BCUT2D eigenvalue weighted by Crippen LogP contribution is -2.42. The Morgan fingerprint density at radius 3 is 2.89 bits per heavy atom. The number of hydrogen-bond acceptors (Lipinski definition) is 2. The molecule has 0 radical (unpaired) electrons. The lowest BCUT2D eigenvalue weighted by molar-refractivity contribution is -0.120. The molecule has 1 saturated heterocycles. The van der Waals surface area contributed by atoms with Gasteiger partial charge in [0.1, 0.15) is 11.5 Å². The highest BCUT2D eigenvalue weighted by molar-refractivity contribution is 6.92. The Balaban J connectivity index is 2.16. The molecule has 3 rings (SSSR count). The van der Waals surface area contributed by atoms with Crippen molar-refractivity contribution in [1.29, 1.82) is 0 Å². The summed E-state index contributed by atoms with van der Waals surface area (Å²) in [5.74, 6) is 1.36. The van der Waals surface area contributed by atoms with Gasteiger partial charge < -0.3 is 4.74 Å². The Bertz CT molecular complexity index is 540. The van der Waals surface area contributed by atoms with Gasteiger partial charge in [-0.3, -0.25) is 4.79 Å². The predicted molar refractivity (Wildman–Crippen MR) is 80.1 cm³/mol. The van der Waals surface area contributed by atoms with Crippen LogP contribution in [0.5, 0.6) is 5.75 Å². The highest BCUT2D eigenvalue weighted by Gasteiger charge is 2.50. The summed E-state index contributed by atoms with van der Waals surface area (Å²) < 4.78 is 5.39. The first-order valence-electron chi connectivity index (χ1n) is 7.18. The van der Waals surface area contributed by atoms with E-state index in [-0.39, 0.29) is 5.41 Å². The van der Waals surface area contributed by atoms with Crippen molar-refractivity contribution in [3.63, 3.8) is 0 Å². The lowest BCUT2D eigenvalue weighted by Gasteiger charge is -2.30. The molecule has 1 fully saturated rings. The van der Waals surface area contributed by atoms with E-state index in [2.05, 4.69) is 31.7 Å². The van der Waals surface area contributed by atoms with Gasteiger partial charge in [0.15, 0.2) is 0 Å². The van der Waals surface area contributed by atoms with Gasteiger partial charge in [-0.05, 0) is 35.6 Å². The molecular formula is C16H22O2Si. The summed E-state index contributed by atoms with van der Waals surface area (Å²) in [5.41, 5.74) is 1.46. The van der Waals surface area contributed by atoms with Crippen molar-refractivity contribution in [3.05, 3.63) is 23.8 Å². The maximum absolute atomic E-state index is 12.1. The van der Waals surface area contributed by atoms with E-state index in [1.807, 2.05) is 0 Å². The van der Waals surface area contributed by atoms with Gasteiger partial charge in [-0.25, -0.2) is 0 Å². The molecule has 1 aromatic carbocycles. The standard InChI is InChI=1S/C16H22O2Si/c1-16-10-12(17)5-4-8-19(3,11-16)15-7-6-13(18-2)9-14(15)16/h6-7,9H,4-5,8,10-11H2,1-3H3/t16-,19+/m1/s1. The van der Waals surface area contributed by atoms with Crippen LogP contribution in [0.2, 0.25) is 18.6 Å². The summed E-state index contributed by atoms with van der Waals surface area (Å²) in [6.45, 7) is 4.78. The Morgan fingerprint density at radius 1 is 1.37 bits per heavy atom. The van der Waals surface area contributed by atoms with Crippen LogP contribution in [0.15, 0.2) is 18.2 Å². The molecule has 0 spiro atoms. The molecule has 19 heavy (non-hydrogen) atoms. The van der Waals surface area contributed by atoms with Crippen LogP contribution in [0, 0.1) is 0 Å². The van der Waals surface area contributed by atoms with Crippen molar-refractivity contribution in [2.45, 2.75) is 50.2 Å². The normalized spacial score (nSPS) is 33.5. The highest BCUT2D eigenvalue weighted by atomic mass is 28.3. The number of ketones is 1. The number of hydrogen-bond donors (Lipinski definition) is 0. The first-order chi connectivity index (χ1) is 8.97. The number of fused-ring (bicyclic) bond motifs is 5. The molecule has 0 aliphatic carbocycles. The van der Waals surface area contributed by atoms with Crippen molar-refractivity contribution in [1.82, 2.24) is 0 Å². The molecule has 102 valence electrons. The van der Waals surface area contributed by atoms with E-state index in [9.17, 15) is 4.79 Å². The van der Waals surface area contributed by atoms with E-state index in [0.717, 1.165) is 25.0 Å². The molecule has 2 nitrogen and oxygen atoms in total. The third kappa shape index (κ3) is 1.95. The van der Waals surface area contributed by atoms with Gasteiger partial charge in [-0.2, -0.15) is 0 Å². The van der Waals surface area contributed by atoms with E-state index in [1.165, 1.54) is 17.7 Å². The fourth-order valence-corrected chi connectivity index (χ4v) is 9.45. The molecule has 0 aromatic heterocycles. The minimum atomic E-state index is -1.39. The molecule has 0 N–H and O–H groups in total. The average molecular weight is 274 g/mol. The van der Waals surface area contributed by atoms with Gasteiger partial charge in [0.2, 0.25) is 0 Å². The van der Waals surface area contributed by atoms with E-state index < -0.39 is 8.07 Å². The first kappa shape index (κ1) is 12.9. The maximum Gasteiger partial charge on any atom is 0.133 e. The SMILES string of the molecule is COc1ccc2c(c1)[C@]1(C)CC(=O)CCC[Si@@]2(C)C1. The molecule has 0 saturated carbocycles. The number of rotatable bonds is 1. The summed E-state index contributed by atoms with van der Waals surface area (Å²) >= 11 is 0. The summed E-state index contributed by atoms with van der Waals surface area (Å²) in [6, 6.07) is 9.05. The third-order valence-electron chi connectivity index (χ3n) is 5.08. The van der Waals surface area contributed by atoms with E-state index in [0.29, 0.717) is 5.78 Å². The molecular weight excluding hydrogens is 252 g/mol. The zero-order chi connectivity index (χ0) is 13.7. The first-order valence-corrected chi connectivity index (χ1v) is 10.1. The van der Waals surface area contributed by atoms with E-state index >= 15 is 0 Å². The van der Waals surface area contributed by atoms with Crippen LogP contribution in [0.1, 0.15) is 31.7 Å². The molecule has 2 bridgehead atoms. The molecule has 2 aliphatic heterocycles. The van der Waals surface area contributed by atoms with Crippen LogP contribution in [-0.2, 0) is 10.2 Å². The number of methoxy groups -OCH3 is 1. The smallest absolute Gasteiger partial charge is 0.133 e. The van der Waals surface area contributed by atoms with Crippen molar-refractivity contribution in [2.75, 3.05) is 7.11 Å². The number of carbonyl (C=O) groups is 1. The molecule has 3 heteroatoms. The topological polar surface area (TPSA) is 26.3 Å². The zero-order valence-corrected chi connectivity index (χ0v) is 13.1. The van der Waals surface area contributed by atoms with Crippen LogP contribution in [0.4, 0.5) is 0 Å². The predicted octanol–water partition coefficient (Wildman–Crippen LogP) is 3.01. The van der Waals surface area contributed by atoms with Crippen LogP contribution in [0.25, 0.3) is 0 Å². The largest absolute Gasteiger partial charge is 0.497 e. The second-order valence-corrected chi connectivity index (χ2v) is 11.3. The van der Waals surface area contributed by atoms with Gasteiger partial charge in [0, 0.05) is 12.8 Å². The molecule has 2 atom stereocenters. The fraction of sp³-hybridized carbons (Fsp3) is 0.562. The van der Waals surface area contributed by atoms with Gasteiger partial charge in [-0.1, -0.05) is 30.8 Å². The van der Waals surface area contributed by atoms with Crippen molar-refractivity contribution in [2.24, 2.45) is 0 Å². The number of carbonyl (C=O) groups excluding carboxylic acids is 1. The lowest BCUT2D eigenvalue weighted by atomic mass is 9.79. The monoisotopic (exact) mass is 274 g/mol. The average Bonchev–Trinajstić information content (AvgIpc) is 2.58. The van der Waals surface area contributed by atoms with Gasteiger partial charge >= 0.3 is 0 Å². The van der Waals surface area contributed by atoms with Gasteiger partial charge in [-0.15, -0.1) is 0 Å². The molecule has 1 aromatic rings. The number of benzene rings is 1. The number of ether oxygens (including phenoxy) is 1. The minimum Gasteiger partial charge on any atom is -0.497 e.